The summed E-state index contributed by atoms with van der Waals surface area (Å²) in [6, 6.07) is -0.177. The van der Waals surface area contributed by atoms with E-state index in [1.807, 2.05) is 0 Å². The van der Waals surface area contributed by atoms with Crippen molar-refractivity contribution in [1.29, 1.82) is 0 Å². The fourth-order valence-electron chi connectivity index (χ4n) is 0.936. The van der Waals surface area contributed by atoms with Crippen molar-refractivity contribution in [3.8, 4) is 0 Å². The van der Waals surface area contributed by atoms with Crippen LogP contribution in [0, 0.1) is 5.92 Å². The van der Waals surface area contributed by atoms with Gasteiger partial charge in [-0.2, -0.15) is 0 Å². The Morgan fingerprint density at radius 1 is 1.62 bits per heavy atom. The van der Waals surface area contributed by atoms with Gasteiger partial charge in [0, 0.05) is 0 Å². The summed E-state index contributed by atoms with van der Waals surface area (Å²) < 4.78 is 0. The van der Waals surface area contributed by atoms with Crippen LogP contribution in [-0.4, -0.2) is 12.3 Å². The highest BCUT2D eigenvalue weighted by Gasteiger charge is 2.23. The molecule has 0 saturated heterocycles. The van der Waals surface area contributed by atoms with E-state index < -0.39 is 0 Å². The maximum Gasteiger partial charge on any atom is 0.136 e. The number of hydrogen-bond donors (Lipinski definition) is 1. The number of hydrogen-bond acceptors (Lipinski definition) is 2. The van der Waals surface area contributed by atoms with Crippen LogP contribution in [0.3, 0.4) is 0 Å². The van der Waals surface area contributed by atoms with Crippen LogP contribution in [0.4, 0.5) is 0 Å². The predicted molar refractivity (Wildman–Crippen MR) is 31.4 cm³/mol. The molecule has 0 unspecified atom stereocenters. The molecule has 46 valence electrons. The van der Waals surface area contributed by atoms with Crippen molar-refractivity contribution >= 4 is 6.29 Å². The number of nitrogens with two attached hydrogens (primary N) is 1. The molecule has 2 nitrogen and oxygen atoms in total. The van der Waals surface area contributed by atoms with Gasteiger partial charge in [0.25, 0.3) is 0 Å². The molecule has 2 N–H and O–H groups in total. The van der Waals surface area contributed by atoms with E-state index in [4.69, 9.17) is 5.73 Å². The fourth-order valence-corrected chi connectivity index (χ4v) is 0.936. The Balaban J connectivity index is 2.22. The first-order valence-corrected chi connectivity index (χ1v) is 3.05. The van der Waals surface area contributed by atoms with E-state index in [0.29, 0.717) is 5.92 Å². The standard InChI is InChI=1S/C6H11NO/c7-6(4-8)5-2-1-3-5/h4-6H,1-3,7H2/t6-/m1/s1. The molecule has 1 fully saturated rings. The number of rotatable bonds is 2. The monoisotopic (exact) mass is 113 g/mol. The minimum Gasteiger partial charge on any atom is -0.322 e. The van der Waals surface area contributed by atoms with Gasteiger partial charge >= 0.3 is 0 Å². The van der Waals surface area contributed by atoms with Crippen molar-refractivity contribution in [2.45, 2.75) is 25.3 Å². The maximum absolute atomic E-state index is 10.0. The van der Waals surface area contributed by atoms with Crippen LogP contribution < -0.4 is 5.73 Å². The van der Waals surface area contributed by atoms with Gasteiger partial charge in [-0.3, -0.25) is 0 Å². The molecule has 2 heteroatoms. The van der Waals surface area contributed by atoms with Gasteiger partial charge in [0.15, 0.2) is 0 Å². The Hall–Kier alpha value is -0.370. The van der Waals surface area contributed by atoms with E-state index in [2.05, 4.69) is 0 Å². The van der Waals surface area contributed by atoms with Crippen molar-refractivity contribution in [3.63, 3.8) is 0 Å². The molecular weight excluding hydrogens is 102 g/mol. The van der Waals surface area contributed by atoms with E-state index in [1.54, 1.807) is 0 Å². The van der Waals surface area contributed by atoms with Gasteiger partial charge in [-0.15, -0.1) is 0 Å². The topological polar surface area (TPSA) is 43.1 Å². The second-order valence-corrected chi connectivity index (χ2v) is 2.40. The average Bonchev–Trinajstić information content (AvgIpc) is 1.62. The van der Waals surface area contributed by atoms with E-state index in [0.717, 1.165) is 19.1 Å². The zero-order valence-corrected chi connectivity index (χ0v) is 4.84. The van der Waals surface area contributed by atoms with Gasteiger partial charge in [-0.1, -0.05) is 6.42 Å². The van der Waals surface area contributed by atoms with Crippen LogP contribution in [-0.2, 0) is 4.79 Å². The van der Waals surface area contributed by atoms with Crippen LogP contribution >= 0.6 is 0 Å². The second-order valence-electron chi connectivity index (χ2n) is 2.40. The average molecular weight is 113 g/mol. The molecule has 8 heavy (non-hydrogen) atoms. The molecule has 0 amide bonds. The summed E-state index contributed by atoms with van der Waals surface area (Å²) >= 11 is 0. The van der Waals surface area contributed by atoms with Gasteiger partial charge in [-0.25, -0.2) is 0 Å². The molecular formula is C6H11NO. The Kier molecular flexibility index (Phi) is 1.63. The highest BCUT2D eigenvalue weighted by atomic mass is 16.1. The number of carbonyl (C=O) groups excluding carboxylic acids is 1. The van der Waals surface area contributed by atoms with Gasteiger partial charge in [0.2, 0.25) is 0 Å². The Labute approximate surface area is 49.1 Å². The summed E-state index contributed by atoms with van der Waals surface area (Å²) in [4.78, 5) is 10.0. The normalized spacial score (nSPS) is 24.1. The smallest absolute Gasteiger partial charge is 0.136 e. The first-order chi connectivity index (χ1) is 3.84. The highest BCUT2D eigenvalue weighted by molar-refractivity contribution is 5.57. The van der Waals surface area contributed by atoms with Gasteiger partial charge < -0.3 is 10.5 Å². The summed E-state index contributed by atoms with van der Waals surface area (Å²) in [6.07, 6.45) is 4.41. The van der Waals surface area contributed by atoms with Crippen molar-refractivity contribution in [3.05, 3.63) is 0 Å². The van der Waals surface area contributed by atoms with Crippen molar-refractivity contribution in [2.75, 3.05) is 0 Å². The van der Waals surface area contributed by atoms with Crippen molar-refractivity contribution < 1.29 is 4.79 Å². The lowest BCUT2D eigenvalue weighted by atomic mass is 9.81. The largest absolute Gasteiger partial charge is 0.322 e. The van der Waals surface area contributed by atoms with Gasteiger partial charge in [-0.05, 0) is 18.8 Å². The molecule has 0 aromatic rings. The fraction of sp³-hybridized carbons (Fsp3) is 0.833. The first kappa shape index (κ1) is 5.76. The van der Waals surface area contributed by atoms with Crippen LogP contribution in [0.25, 0.3) is 0 Å². The zero-order valence-electron chi connectivity index (χ0n) is 4.84. The van der Waals surface area contributed by atoms with E-state index in [-0.39, 0.29) is 6.04 Å². The van der Waals surface area contributed by atoms with Crippen LogP contribution in [0.2, 0.25) is 0 Å². The minimum atomic E-state index is -0.177. The lowest BCUT2D eigenvalue weighted by molar-refractivity contribution is -0.110. The summed E-state index contributed by atoms with van der Waals surface area (Å²) in [5.41, 5.74) is 5.41. The molecule has 1 atom stereocenters. The minimum absolute atomic E-state index is 0.177. The number of carbonyl (C=O) groups is 1. The molecule has 0 radical (unpaired) electrons. The molecule has 1 saturated carbocycles. The first-order valence-electron chi connectivity index (χ1n) is 3.05. The highest BCUT2D eigenvalue weighted by Crippen LogP contribution is 2.27. The number of aldehydes is 1. The maximum atomic E-state index is 10.0. The Morgan fingerprint density at radius 2 is 2.25 bits per heavy atom. The third-order valence-electron chi connectivity index (χ3n) is 1.85. The third kappa shape index (κ3) is 0.892. The molecule has 0 spiro atoms. The molecule has 1 aliphatic carbocycles. The Morgan fingerprint density at radius 3 is 2.38 bits per heavy atom. The zero-order chi connectivity index (χ0) is 5.98. The van der Waals surface area contributed by atoms with Crippen LogP contribution in [0.1, 0.15) is 19.3 Å². The van der Waals surface area contributed by atoms with E-state index in [1.165, 1.54) is 6.42 Å². The van der Waals surface area contributed by atoms with Gasteiger partial charge in [0.05, 0.1) is 6.04 Å². The third-order valence-corrected chi connectivity index (χ3v) is 1.85. The summed E-state index contributed by atoms with van der Waals surface area (Å²) in [6.45, 7) is 0. The van der Waals surface area contributed by atoms with E-state index >= 15 is 0 Å². The summed E-state index contributed by atoms with van der Waals surface area (Å²) in [5.74, 6) is 0.507. The summed E-state index contributed by atoms with van der Waals surface area (Å²) in [7, 11) is 0. The molecule has 0 bridgehead atoms. The second kappa shape index (κ2) is 2.27. The summed E-state index contributed by atoms with van der Waals surface area (Å²) in [5, 5.41) is 0. The molecule has 0 aromatic heterocycles. The molecule has 0 heterocycles. The lowest BCUT2D eigenvalue weighted by Gasteiger charge is -2.27. The van der Waals surface area contributed by atoms with E-state index in [9.17, 15) is 4.79 Å². The lowest BCUT2D eigenvalue weighted by Crippen LogP contribution is -2.35. The Bertz CT molecular complexity index is 88.5. The molecule has 0 aromatic carbocycles. The molecule has 0 aliphatic heterocycles. The quantitative estimate of drug-likeness (QED) is 0.524. The predicted octanol–water partition coefficient (Wildman–Crippen LogP) is 0.313. The molecule has 1 rings (SSSR count). The van der Waals surface area contributed by atoms with Crippen molar-refractivity contribution in [2.24, 2.45) is 11.7 Å². The van der Waals surface area contributed by atoms with Crippen LogP contribution in [0.15, 0.2) is 0 Å². The van der Waals surface area contributed by atoms with Crippen molar-refractivity contribution in [1.82, 2.24) is 0 Å². The van der Waals surface area contributed by atoms with Crippen LogP contribution in [0.5, 0.6) is 0 Å². The van der Waals surface area contributed by atoms with Gasteiger partial charge in [0.1, 0.15) is 6.29 Å². The molecule has 1 aliphatic rings. The SMILES string of the molecule is N[C@H](C=O)C1CCC1.